The summed E-state index contributed by atoms with van der Waals surface area (Å²) in [5, 5.41) is 4.24. The molecule has 0 aliphatic carbocycles. The number of nitrogens with zero attached hydrogens (tertiary/aromatic N) is 4. The number of esters is 1. The summed E-state index contributed by atoms with van der Waals surface area (Å²) in [7, 11) is 5.65. The molecule has 0 saturated heterocycles. The van der Waals surface area contributed by atoms with Crippen molar-refractivity contribution in [1.29, 1.82) is 0 Å². The molecule has 0 N–H and O–H groups in total. The summed E-state index contributed by atoms with van der Waals surface area (Å²) in [5.41, 5.74) is 4.33. The Morgan fingerprint density at radius 2 is 1.63 bits per heavy atom. The predicted octanol–water partition coefficient (Wildman–Crippen LogP) is 3.06. The van der Waals surface area contributed by atoms with Crippen molar-refractivity contribution < 1.29 is 14.3 Å². The van der Waals surface area contributed by atoms with E-state index in [0.29, 0.717) is 12.1 Å². The van der Waals surface area contributed by atoms with E-state index in [4.69, 9.17) is 4.74 Å². The molecule has 3 rings (SSSR count). The largest absolute Gasteiger partial charge is 0.452 e. The lowest BCUT2D eigenvalue weighted by atomic mass is 10.2. The maximum Gasteiger partial charge on any atom is 0.338 e. The number of amides is 1. The number of hydrogen-bond acceptors (Lipinski definition) is 5. The number of carbonyl (C=O) groups is 2. The highest BCUT2D eigenvalue weighted by Crippen LogP contribution is 2.14. The maximum atomic E-state index is 12.3. The molecule has 1 amide bonds. The minimum Gasteiger partial charge on any atom is -0.452 e. The molecule has 0 radical (unpaired) electrons. The third kappa shape index (κ3) is 5.05. The molecule has 1 aromatic heterocycles. The molecule has 2 aromatic carbocycles. The van der Waals surface area contributed by atoms with Crippen LogP contribution in [-0.2, 0) is 16.1 Å². The van der Waals surface area contributed by atoms with E-state index in [-0.39, 0.29) is 12.5 Å². The molecule has 0 spiro atoms. The zero-order valence-electron chi connectivity index (χ0n) is 17.7. The monoisotopic (exact) mass is 406 g/mol. The topological polar surface area (TPSA) is 67.7 Å². The number of anilines is 1. The third-order valence-corrected chi connectivity index (χ3v) is 4.80. The first-order chi connectivity index (χ1) is 14.3. The molecule has 0 atom stereocenters. The van der Waals surface area contributed by atoms with Gasteiger partial charge in [-0.2, -0.15) is 5.10 Å². The minimum absolute atomic E-state index is 0.260. The van der Waals surface area contributed by atoms with Crippen molar-refractivity contribution in [3.63, 3.8) is 0 Å². The summed E-state index contributed by atoms with van der Waals surface area (Å²) < 4.78 is 6.97. The molecule has 0 bridgehead atoms. The van der Waals surface area contributed by atoms with Gasteiger partial charge in [0.05, 0.1) is 11.3 Å². The van der Waals surface area contributed by atoms with Crippen LogP contribution in [0.2, 0.25) is 0 Å². The Hall–Kier alpha value is -3.61. The van der Waals surface area contributed by atoms with E-state index in [0.717, 1.165) is 22.6 Å². The number of ether oxygens (including phenoxy) is 1. The fraction of sp³-hybridized carbons (Fsp3) is 0.261. The Morgan fingerprint density at radius 1 is 0.967 bits per heavy atom. The van der Waals surface area contributed by atoms with Crippen molar-refractivity contribution in [1.82, 2.24) is 14.7 Å². The maximum absolute atomic E-state index is 12.3. The highest BCUT2D eigenvalue weighted by molar-refractivity contribution is 5.91. The van der Waals surface area contributed by atoms with Crippen molar-refractivity contribution in [3.8, 4) is 5.69 Å². The average molecular weight is 406 g/mol. The van der Waals surface area contributed by atoms with E-state index in [9.17, 15) is 9.59 Å². The number of hydrogen-bond donors (Lipinski definition) is 0. The standard InChI is InChI=1S/C23H26N4O3/c1-17-13-14-24-27(17)21-11-7-19(8-12-21)23(29)30-16-22(28)26(4)15-18-5-9-20(10-6-18)25(2)3/h5-14H,15-16H2,1-4H3. The van der Waals surface area contributed by atoms with Crippen molar-refractivity contribution in [3.05, 3.63) is 77.6 Å². The van der Waals surface area contributed by atoms with Gasteiger partial charge in [-0.1, -0.05) is 12.1 Å². The van der Waals surface area contributed by atoms with Gasteiger partial charge in [-0.25, -0.2) is 9.48 Å². The first-order valence-electron chi connectivity index (χ1n) is 9.63. The SMILES string of the molecule is Cc1ccnn1-c1ccc(C(=O)OCC(=O)N(C)Cc2ccc(N(C)C)cc2)cc1. The number of benzene rings is 2. The van der Waals surface area contributed by atoms with E-state index in [2.05, 4.69) is 5.10 Å². The van der Waals surface area contributed by atoms with Gasteiger partial charge in [-0.15, -0.1) is 0 Å². The Bertz CT molecular complexity index is 1010. The number of aryl methyl sites for hydroxylation is 1. The average Bonchev–Trinajstić information content (AvgIpc) is 3.18. The van der Waals surface area contributed by atoms with Crippen LogP contribution in [0.1, 0.15) is 21.6 Å². The van der Waals surface area contributed by atoms with Gasteiger partial charge in [0.15, 0.2) is 6.61 Å². The molecular formula is C23H26N4O3. The Kier molecular flexibility index (Phi) is 6.51. The summed E-state index contributed by atoms with van der Waals surface area (Å²) in [5.74, 6) is -0.792. The number of likely N-dealkylation sites (N-methyl/N-ethyl adjacent to an activating group) is 1. The zero-order chi connectivity index (χ0) is 21.7. The van der Waals surface area contributed by atoms with Crippen LogP contribution < -0.4 is 4.90 Å². The van der Waals surface area contributed by atoms with Crippen molar-refractivity contribution >= 4 is 17.6 Å². The fourth-order valence-electron chi connectivity index (χ4n) is 2.96. The van der Waals surface area contributed by atoms with E-state index in [1.165, 1.54) is 0 Å². The fourth-order valence-corrected chi connectivity index (χ4v) is 2.96. The quantitative estimate of drug-likeness (QED) is 0.564. The van der Waals surface area contributed by atoms with Crippen LogP contribution in [-0.4, -0.2) is 54.3 Å². The first kappa shape index (κ1) is 21.1. The van der Waals surface area contributed by atoms with Gasteiger partial charge in [0, 0.05) is 45.3 Å². The van der Waals surface area contributed by atoms with Crippen LogP contribution >= 0.6 is 0 Å². The second kappa shape index (κ2) is 9.26. The van der Waals surface area contributed by atoms with Gasteiger partial charge >= 0.3 is 5.97 Å². The molecular weight excluding hydrogens is 380 g/mol. The summed E-state index contributed by atoms with van der Waals surface area (Å²) in [6.45, 7) is 2.10. The smallest absolute Gasteiger partial charge is 0.338 e. The van der Waals surface area contributed by atoms with Gasteiger partial charge in [0.2, 0.25) is 0 Å². The summed E-state index contributed by atoms with van der Waals surface area (Å²) in [6.07, 6.45) is 1.72. The van der Waals surface area contributed by atoms with E-state index >= 15 is 0 Å². The molecule has 7 heteroatoms. The molecule has 156 valence electrons. The lowest BCUT2D eigenvalue weighted by molar-refractivity contribution is -0.133. The summed E-state index contributed by atoms with van der Waals surface area (Å²) in [4.78, 5) is 28.2. The highest BCUT2D eigenvalue weighted by atomic mass is 16.5. The number of carbonyl (C=O) groups excluding carboxylic acids is 2. The lowest BCUT2D eigenvalue weighted by Gasteiger charge is -2.18. The van der Waals surface area contributed by atoms with Crippen LogP contribution in [0.25, 0.3) is 5.69 Å². The molecule has 0 fully saturated rings. The second-order valence-electron chi connectivity index (χ2n) is 7.32. The van der Waals surface area contributed by atoms with Crippen LogP contribution in [0, 0.1) is 6.92 Å². The van der Waals surface area contributed by atoms with Crippen LogP contribution in [0.5, 0.6) is 0 Å². The molecule has 3 aromatic rings. The van der Waals surface area contributed by atoms with Gasteiger partial charge in [0.1, 0.15) is 0 Å². The highest BCUT2D eigenvalue weighted by Gasteiger charge is 2.14. The summed E-state index contributed by atoms with van der Waals surface area (Å²) in [6, 6.07) is 16.8. The second-order valence-corrected chi connectivity index (χ2v) is 7.32. The van der Waals surface area contributed by atoms with E-state index < -0.39 is 5.97 Å². The van der Waals surface area contributed by atoms with Crippen LogP contribution in [0.15, 0.2) is 60.8 Å². The van der Waals surface area contributed by atoms with Crippen molar-refractivity contribution in [2.24, 2.45) is 0 Å². The molecule has 30 heavy (non-hydrogen) atoms. The normalized spacial score (nSPS) is 10.5. The molecule has 0 aliphatic rings. The van der Waals surface area contributed by atoms with Gasteiger partial charge < -0.3 is 14.5 Å². The summed E-state index contributed by atoms with van der Waals surface area (Å²) >= 11 is 0. The van der Waals surface area contributed by atoms with Crippen molar-refractivity contribution in [2.45, 2.75) is 13.5 Å². The predicted molar refractivity (Wildman–Crippen MR) is 116 cm³/mol. The van der Waals surface area contributed by atoms with Gasteiger partial charge in [-0.3, -0.25) is 4.79 Å². The Morgan fingerprint density at radius 3 is 2.20 bits per heavy atom. The van der Waals surface area contributed by atoms with E-state index in [1.807, 2.05) is 56.3 Å². The molecule has 0 aliphatic heterocycles. The molecule has 1 heterocycles. The number of aromatic nitrogens is 2. The third-order valence-electron chi connectivity index (χ3n) is 4.80. The van der Waals surface area contributed by atoms with Gasteiger partial charge in [-0.05, 0) is 55.0 Å². The van der Waals surface area contributed by atoms with Crippen molar-refractivity contribution in [2.75, 3.05) is 32.6 Å². The van der Waals surface area contributed by atoms with Crippen LogP contribution in [0.4, 0.5) is 5.69 Å². The van der Waals surface area contributed by atoms with E-state index in [1.54, 1.807) is 47.1 Å². The molecule has 7 nitrogen and oxygen atoms in total. The first-order valence-corrected chi connectivity index (χ1v) is 9.63. The Labute approximate surface area is 176 Å². The molecule has 0 unspecified atom stereocenters. The zero-order valence-corrected chi connectivity index (χ0v) is 17.7. The lowest BCUT2D eigenvalue weighted by Crippen LogP contribution is -2.30. The number of rotatable bonds is 7. The van der Waals surface area contributed by atoms with Crippen LogP contribution in [0.3, 0.4) is 0 Å². The molecule has 0 saturated carbocycles. The Balaban J connectivity index is 1.52. The van der Waals surface area contributed by atoms with Gasteiger partial charge in [0.25, 0.3) is 5.91 Å². The minimum atomic E-state index is -0.532.